The van der Waals surface area contributed by atoms with Crippen LogP contribution < -0.4 is 0 Å². The third-order valence-electron chi connectivity index (χ3n) is 9.61. The van der Waals surface area contributed by atoms with Crippen molar-refractivity contribution < 1.29 is 47.8 Å². The number of esters is 2. The molecule has 0 aromatic rings. The Kier molecular flexibility index (Phi) is 39.5. The molecule has 0 aliphatic rings. The maximum Gasteiger partial charge on any atom is 0.472 e. The van der Waals surface area contributed by atoms with E-state index in [9.17, 15) is 24.2 Å². The van der Waals surface area contributed by atoms with E-state index in [-0.39, 0.29) is 19.4 Å². The summed E-state index contributed by atoms with van der Waals surface area (Å²) >= 11 is 0. The molecule has 10 nitrogen and oxygen atoms in total. The van der Waals surface area contributed by atoms with Crippen LogP contribution >= 0.6 is 7.82 Å². The highest BCUT2D eigenvalue weighted by atomic mass is 31.2. The van der Waals surface area contributed by atoms with Crippen LogP contribution in [0.3, 0.4) is 0 Å². The molecule has 11 heteroatoms. The van der Waals surface area contributed by atoms with Crippen LogP contribution in [0.2, 0.25) is 0 Å². The van der Waals surface area contributed by atoms with Crippen LogP contribution in [0.15, 0.2) is 24.3 Å². The highest BCUT2D eigenvalue weighted by Gasteiger charge is 2.27. The van der Waals surface area contributed by atoms with Gasteiger partial charge in [-0.25, -0.2) is 4.57 Å². The Hall–Kier alpha value is -1.55. The molecule has 0 heterocycles. The minimum absolute atomic E-state index is 0.187. The molecule has 0 saturated heterocycles. The number of allylic oxidation sites excluding steroid dienone is 4. The van der Waals surface area contributed by atoms with Gasteiger partial charge in [0.25, 0.3) is 0 Å². The summed E-state index contributed by atoms with van der Waals surface area (Å²) in [6.45, 7) is 2.37. The molecule has 3 N–H and O–H groups in total. The van der Waals surface area contributed by atoms with Gasteiger partial charge in [0.1, 0.15) is 12.7 Å². The van der Waals surface area contributed by atoms with Crippen LogP contribution in [0, 0.1) is 0 Å². The number of hydrogen-bond acceptors (Lipinski definition) is 9. The monoisotopic (exact) mass is 803 g/mol. The summed E-state index contributed by atoms with van der Waals surface area (Å²) < 4.78 is 32.7. The van der Waals surface area contributed by atoms with E-state index < -0.39 is 51.8 Å². The summed E-state index contributed by atoms with van der Waals surface area (Å²) in [5.74, 6) is -0.925. The molecule has 0 bridgehead atoms. The molecule has 0 radical (unpaired) electrons. The van der Waals surface area contributed by atoms with Crippen molar-refractivity contribution in [3.63, 3.8) is 0 Å². The lowest BCUT2D eigenvalue weighted by atomic mass is 10.0. The van der Waals surface area contributed by atoms with Gasteiger partial charge in [0.05, 0.1) is 19.8 Å². The van der Waals surface area contributed by atoms with E-state index in [2.05, 4.69) is 38.2 Å². The van der Waals surface area contributed by atoms with Gasteiger partial charge < -0.3 is 24.6 Å². The molecule has 0 spiro atoms. The second kappa shape index (κ2) is 40.6. The molecule has 0 aliphatic heterocycles. The van der Waals surface area contributed by atoms with Gasteiger partial charge in [-0.15, -0.1) is 0 Å². The fourth-order valence-electron chi connectivity index (χ4n) is 6.14. The van der Waals surface area contributed by atoms with Crippen LogP contribution in [0.25, 0.3) is 0 Å². The zero-order chi connectivity index (χ0) is 40.5. The molecule has 0 rings (SSSR count). The van der Waals surface area contributed by atoms with Gasteiger partial charge in [-0.1, -0.05) is 173 Å². The molecule has 55 heavy (non-hydrogen) atoms. The fraction of sp³-hybridized carbons (Fsp3) is 0.864. The zero-order valence-corrected chi connectivity index (χ0v) is 36.0. The Balaban J connectivity index is 4.27. The maximum atomic E-state index is 12.6. The summed E-state index contributed by atoms with van der Waals surface area (Å²) in [6.07, 6.45) is 39.9. The number of rotatable bonds is 42. The second-order valence-electron chi connectivity index (χ2n) is 15.1. The Bertz CT molecular complexity index is 972. The van der Waals surface area contributed by atoms with Crippen LogP contribution in [0.4, 0.5) is 0 Å². The number of unbranched alkanes of at least 4 members (excludes halogenated alkanes) is 24. The van der Waals surface area contributed by atoms with E-state index in [0.29, 0.717) is 12.8 Å². The van der Waals surface area contributed by atoms with Gasteiger partial charge in [-0.05, 0) is 44.9 Å². The Labute approximate surface area is 336 Å². The molecule has 3 atom stereocenters. The van der Waals surface area contributed by atoms with Crippen molar-refractivity contribution in [3.8, 4) is 0 Å². The minimum Gasteiger partial charge on any atom is -0.462 e. The molecular weight excluding hydrogens is 719 g/mol. The molecular formula is C44H83O10P. The number of ether oxygens (including phenoxy) is 2. The third kappa shape index (κ3) is 40.4. The van der Waals surface area contributed by atoms with Crippen molar-refractivity contribution in [1.29, 1.82) is 0 Å². The smallest absolute Gasteiger partial charge is 0.462 e. The van der Waals surface area contributed by atoms with Crippen LogP contribution in [-0.2, 0) is 32.7 Å². The van der Waals surface area contributed by atoms with Gasteiger partial charge in [0, 0.05) is 12.8 Å². The van der Waals surface area contributed by atoms with E-state index in [1.807, 2.05) is 0 Å². The van der Waals surface area contributed by atoms with Gasteiger partial charge in [-0.3, -0.25) is 18.6 Å². The van der Waals surface area contributed by atoms with E-state index in [1.165, 1.54) is 116 Å². The number of hydrogen-bond donors (Lipinski definition) is 3. The Morgan fingerprint density at radius 3 is 1.44 bits per heavy atom. The largest absolute Gasteiger partial charge is 0.472 e. The average molecular weight is 803 g/mol. The summed E-state index contributed by atoms with van der Waals surface area (Å²) in [5, 5.41) is 18.3. The SMILES string of the molecule is CCCCC/C=C\C/C=C\CCCCCCCCCC(=O)OC[C@H](COP(=O)(O)OC[C@@H](O)CO)OC(=O)CCCCCCCCCCCCCCCCC. The van der Waals surface area contributed by atoms with Crippen LogP contribution in [0.1, 0.15) is 206 Å². The quantitative estimate of drug-likeness (QED) is 0.0236. The van der Waals surface area contributed by atoms with Crippen molar-refractivity contribution in [3.05, 3.63) is 24.3 Å². The lowest BCUT2D eigenvalue weighted by Crippen LogP contribution is -2.29. The van der Waals surface area contributed by atoms with Crippen LogP contribution in [0.5, 0.6) is 0 Å². The first-order valence-electron chi connectivity index (χ1n) is 22.3. The van der Waals surface area contributed by atoms with Crippen molar-refractivity contribution >= 4 is 19.8 Å². The molecule has 1 unspecified atom stereocenters. The first-order chi connectivity index (χ1) is 26.7. The van der Waals surface area contributed by atoms with Crippen molar-refractivity contribution in [2.45, 2.75) is 219 Å². The van der Waals surface area contributed by atoms with Gasteiger partial charge in [0.15, 0.2) is 6.10 Å². The predicted octanol–water partition coefficient (Wildman–Crippen LogP) is 11.8. The first-order valence-corrected chi connectivity index (χ1v) is 23.8. The Morgan fingerprint density at radius 1 is 0.545 bits per heavy atom. The maximum absolute atomic E-state index is 12.6. The van der Waals surface area contributed by atoms with E-state index in [0.717, 1.165) is 51.4 Å². The zero-order valence-electron chi connectivity index (χ0n) is 35.2. The van der Waals surface area contributed by atoms with E-state index in [4.69, 9.17) is 23.6 Å². The lowest BCUT2D eigenvalue weighted by Gasteiger charge is -2.20. The molecule has 0 saturated carbocycles. The highest BCUT2D eigenvalue weighted by Crippen LogP contribution is 2.43. The summed E-state index contributed by atoms with van der Waals surface area (Å²) in [6, 6.07) is 0. The molecule has 0 amide bonds. The minimum atomic E-state index is -4.61. The fourth-order valence-corrected chi connectivity index (χ4v) is 6.93. The molecule has 0 fully saturated rings. The third-order valence-corrected chi connectivity index (χ3v) is 10.6. The summed E-state index contributed by atoms with van der Waals surface area (Å²) in [5.41, 5.74) is 0. The number of carbonyl (C=O) groups excluding carboxylic acids is 2. The second-order valence-corrected chi connectivity index (χ2v) is 16.5. The summed E-state index contributed by atoms with van der Waals surface area (Å²) in [4.78, 5) is 35.0. The topological polar surface area (TPSA) is 149 Å². The van der Waals surface area contributed by atoms with Gasteiger partial charge in [0.2, 0.25) is 0 Å². The number of phosphoric acid groups is 1. The first kappa shape index (κ1) is 53.5. The number of carbonyl (C=O) groups is 2. The van der Waals surface area contributed by atoms with E-state index >= 15 is 0 Å². The van der Waals surface area contributed by atoms with Crippen molar-refractivity contribution in [1.82, 2.24) is 0 Å². The lowest BCUT2D eigenvalue weighted by molar-refractivity contribution is -0.161. The van der Waals surface area contributed by atoms with Crippen LogP contribution in [-0.4, -0.2) is 65.7 Å². The standard InChI is InChI=1S/C44H83O10P/c1-3-5-7-9-11-13-15-17-19-20-22-23-25-27-29-31-33-35-43(47)51-39-42(40-53-55(49,50)52-38-41(46)37-45)54-44(48)36-34-32-30-28-26-24-21-18-16-14-12-10-8-6-4-2/h11,13,17,19,41-42,45-46H,3-10,12,14-16,18,20-40H2,1-2H3,(H,49,50)/b13-11-,19-17-/t41-,42+/m0/s1. The number of phosphoric ester groups is 1. The molecule has 324 valence electrons. The predicted molar refractivity (Wildman–Crippen MR) is 224 cm³/mol. The Morgan fingerprint density at radius 2 is 0.945 bits per heavy atom. The van der Waals surface area contributed by atoms with Crippen molar-refractivity contribution in [2.24, 2.45) is 0 Å². The van der Waals surface area contributed by atoms with Gasteiger partial charge in [-0.2, -0.15) is 0 Å². The normalized spacial score (nSPS) is 14.1. The summed E-state index contributed by atoms with van der Waals surface area (Å²) in [7, 11) is -4.61. The van der Waals surface area contributed by atoms with E-state index in [1.54, 1.807) is 0 Å². The number of aliphatic hydroxyl groups is 2. The highest BCUT2D eigenvalue weighted by molar-refractivity contribution is 7.47. The average Bonchev–Trinajstić information content (AvgIpc) is 3.17. The van der Waals surface area contributed by atoms with Gasteiger partial charge >= 0.3 is 19.8 Å². The van der Waals surface area contributed by atoms with Crippen molar-refractivity contribution in [2.75, 3.05) is 26.4 Å². The molecule has 0 aromatic heterocycles. The molecule has 0 aromatic carbocycles. The number of aliphatic hydroxyl groups excluding tert-OH is 2. The molecule has 0 aliphatic carbocycles.